The Hall–Kier alpha value is -1.60. The van der Waals surface area contributed by atoms with Gasteiger partial charge in [-0.3, -0.25) is 0 Å². The zero-order chi connectivity index (χ0) is 12.5. The fraction of sp³-hybridized carbons (Fsp3) is 0.545. The zero-order valence-electron chi connectivity index (χ0n) is 10.8. The average molecular weight is 284 g/mol. The molecule has 1 atom stereocenters. The van der Waals surface area contributed by atoms with E-state index in [1.54, 1.807) is 10.7 Å². The van der Waals surface area contributed by atoms with Crippen LogP contribution in [0.15, 0.2) is 12.3 Å². The third-order valence-corrected chi connectivity index (χ3v) is 3.33. The summed E-state index contributed by atoms with van der Waals surface area (Å²) < 4.78 is 1.75. The van der Waals surface area contributed by atoms with Crippen molar-refractivity contribution >= 4 is 30.0 Å². The standard InChI is InChI=1S/C11H17N7.ClH/c1-2-8-7-13-5-6-17(8)11-16-10(12)15-9-3-4-14-18(9)11;/h3-4,8,13H,2,5-7H2,1H3,(H2,12,15);1H/t8-;/m0./s1. The second-order valence-corrected chi connectivity index (χ2v) is 4.44. The Morgan fingerprint density at radius 2 is 2.32 bits per heavy atom. The van der Waals surface area contributed by atoms with Gasteiger partial charge < -0.3 is 16.0 Å². The molecule has 3 heterocycles. The van der Waals surface area contributed by atoms with Gasteiger partial charge >= 0.3 is 0 Å². The van der Waals surface area contributed by atoms with E-state index in [9.17, 15) is 0 Å². The summed E-state index contributed by atoms with van der Waals surface area (Å²) >= 11 is 0. The summed E-state index contributed by atoms with van der Waals surface area (Å²) in [5, 5.41) is 7.67. The summed E-state index contributed by atoms with van der Waals surface area (Å²) in [6, 6.07) is 2.26. The number of hydrogen-bond donors (Lipinski definition) is 2. The van der Waals surface area contributed by atoms with Gasteiger partial charge in [0.15, 0.2) is 5.65 Å². The van der Waals surface area contributed by atoms with E-state index in [0.717, 1.165) is 37.7 Å². The van der Waals surface area contributed by atoms with Gasteiger partial charge in [0.25, 0.3) is 0 Å². The van der Waals surface area contributed by atoms with Crippen molar-refractivity contribution in [2.45, 2.75) is 19.4 Å². The smallest absolute Gasteiger partial charge is 0.232 e. The number of hydrogen-bond acceptors (Lipinski definition) is 6. The number of nitrogens with zero attached hydrogens (tertiary/aromatic N) is 5. The van der Waals surface area contributed by atoms with Crippen LogP contribution in [0.1, 0.15) is 13.3 Å². The number of fused-ring (bicyclic) bond motifs is 1. The molecule has 0 spiro atoms. The van der Waals surface area contributed by atoms with Crippen molar-refractivity contribution < 1.29 is 0 Å². The summed E-state index contributed by atoms with van der Waals surface area (Å²) in [6.45, 7) is 4.99. The lowest BCUT2D eigenvalue weighted by molar-refractivity contribution is 0.456. The van der Waals surface area contributed by atoms with Gasteiger partial charge in [-0.1, -0.05) is 6.92 Å². The van der Waals surface area contributed by atoms with E-state index in [0.29, 0.717) is 12.0 Å². The molecule has 104 valence electrons. The molecule has 0 aliphatic carbocycles. The molecule has 1 aliphatic heterocycles. The number of halogens is 1. The molecule has 2 aromatic heterocycles. The van der Waals surface area contributed by atoms with E-state index in [1.165, 1.54) is 0 Å². The monoisotopic (exact) mass is 283 g/mol. The van der Waals surface area contributed by atoms with Crippen LogP contribution in [0.4, 0.5) is 11.9 Å². The largest absolute Gasteiger partial charge is 0.368 e. The first-order valence-corrected chi connectivity index (χ1v) is 6.24. The molecule has 0 bridgehead atoms. The van der Waals surface area contributed by atoms with Gasteiger partial charge in [0.2, 0.25) is 11.9 Å². The Morgan fingerprint density at radius 1 is 1.47 bits per heavy atom. The first kappa shape index (κ1) is 13.8. The second-order valence-electron chi connectivity index (χ2n) is 4.44. The summed E-state index contributed by atoms with van der Waals surface area (Å²) in [5.74, 6) is 1.09. The number of aromatic nitrogens is 4. The quantitative estimate of drug-likeness (QED) is 0.826. The zero-order valence-corrected chi connectivity index (χ0v) is 11.6. The maximum atomic E-state index is 5.77. The highest BCUT2D eigenvalue weighted by molar-refractivity contribution is 5.85. The van der Waals surface area contributed by atoms with Gasteiger partial charge in [0.05, 0.1) is 6.20 Å². The van der Waals surface area contributed by atoms with Crippen molar-refractivity contribution in [3.8, 4) is 0 Å². The Labute approximate surface area is 117 Å². The van der Waals surface area contributed by atoms with Crippen molar-refractivity contribution in [1.82, 2.24) is 24.9 Å². The van der Waals surface area contributed by atoms with Crippen LogP contribution in [0.2, 0.25) is 0 Å². The SMILES string of the molecule is CC[C@H]1CNCCN1c1nc(N)nc2ccnn12.Cl. The summed E-state index contributed by atoms with van der Waals surface area (Å²) in [4.78, 5) is 10.8. The van der Waals surface area contributed by atoms with Crippen LogP contribution in [0.25, 0.3) is 5.65 Å². The number of piperazine rings is 1. The number of rotatable bonds is 2. The highest BCUT2D eigenvalue weighted by Crippen LogP contribution is 2.19. The molecule has 0 unspecified atom stereocenters. The molecular formula is C11H18ClN7. The Morgan fingerprint density at radius 3 is 3.11 bits per heavy atom. The third kappa shape index (κ3) is 2.43. The number of nitrogens with two attached hydrogens (primary N) is 1. The van der Waals surface area contributed by atoms with E-state index in [1.807, 2.05) is 6.07 Å². The van der Waals surface area contributed by atoms with E-state index >= 15 is 0 Å². The summed E-state index contributed by atoms with van der Waals surface area (Å²) in [7, 11) is 0. The first-order valence-electron chi connectivity index (χ1n) is 6.24. The van der Waals surface area contributed by atoms with Crippen molar-refractivity contribution in [2.75, 3.05) is 30.3 Å². The van der Waals surface area contributed by atoms with Crippen LogP contribution in [0, 0.1) is 0 Å². The van der Waals surface area contributed by atoms with Crippen molar-refractivity contribution in [3.05, 3.63) is 12.3 Å². The van der Waals surface area contributed by atoms with Crippen molar-refractivity contribution in [2.24, 2.45) is 0 Å². The summed E-state index contributed by atoms with van der Waals surface area (Å²) in [6.07, 6.45) is 2.77. The fourth-order valence-corrected chi connectivity index (χ4v) is 2.40. The maximum absolute atomic E-state index is 5.77. The van der Waals surface area contributed by atoms with E-state index < -0.39 is 0 Å². The molecule has 0 radical (unpaired) electrons. The molecule has 8 heteroatoms. The molecular weight excluding hydrogens is 266 g/mol. The first-order chi connectivity index (χ1) is 8.79. The molecule has 1 saturated heterocycles. The molecule has 0 aromatic carbocycles. The van der Waals surface area contributed by atoms with E-state index in [4.69, 9.17) is 5.73 Å². The van der Waals surface area contributed by atoms with Crippen molar-refractivity contribution in [3.63, 3.8) is 0 Å². The van der Waals surface area contributed by atoms with Crippen LogP contribution in [-0.4, -0.2) is 45.3 Å². The lowest BCUT2D eigenvalue weighted by Gasteiger charge is -2.36. The van der Waals surface area contributed by atoms with Gasteiger partial charge in [-0.2, -0.15) is 19.6 Å². The minimum Gasteiger partial charge on any atom is -0.368 e. The van der Waals surface area contributed by atoms with Gasteiger partial charge in [0.1, 0.15) is 0 Å². The topological polar surface area (TPSA) is 84.4 Å². The van der Waals surface area contributed by atoms with Crippen LogP contribution in [0.5, 0.6) is 0 Å². The molecule has 0 amide bonds. The molecule has 19 heavy (non-hydrogen) atoms. The van der Waals surface area contributed by atoms with Gasteiger partial charge in [-0.25, -0.2) is 0 Å². The Bertz CT molecular complexity index is 555. The van der Waals surface area contributed by atoms with Crippen molar-refractivity contribution in [1.29, 1.82) is 0 Å². The summed E-state index contributed by atoms with van der Waals surface area (Å²) in [5.41, 5.74) is 6.51. The van der Waals surface area contributed by atoms with Gasteiger partial charge in [-0.15, -0.1) is 12.4 Å². The van der Waals surface area contributed by atoms with Crippen LogP contribution in [-0.2, 0) is 0 Å². The highest BCUT2D eigenvalue weighted by Gasteiger charge is 2.24. The van der Waals surface area contributed by atoms with Gasteiger partial charge in [0, 0.05) is 31.7 Å². The van der Waals surface area contributed by atoms with E-state index in [-0.39, 0.29) is 12.4 Å². The molecule has 1 aliphatic rings. The number of nitrogen functional groups attached to an aromatic ring is 1. The molecule has 3 N–H and O–H groups in total. The molecule has 0 saturated carbocycles. The minimum atomic E-state index is 0. The molecule has 7 nitrogen and oxygen atoms in total. The molecule has 2 aromatic rings. The predicted octanol–water partition coefficient (Wildman–Crippen LogP) is 0.316. The Kier molecular flexibility index (Phi) is 4.06. The maximum Gasteiger partial charge on any atom is 0.232 e. The Balaban J connectivity index is 0.00000133. The van der Waals surface area contributed by atoms with Crippen LogP contribution in [0.3, 0.4) is 0 Å². The minimum absolute atomic E-state index is 0. The van der Waals surface area contributed by atoms with Gasteiger partial charge in [-0.05, 0) is 6.42 Å². The average Bonchev–Trinajstić information content (AvgIpc) is 2.85. The third-order valence-electron chi connectivity index (χ3n) is 3.33. The normalized spacial score (nSPS) is 19.4. The fourth-order valence-electron chi connectivity index (χ4n) is 2.40. The number of anilines is 2. The second kappa shape index (κ2) is 5.58. The van der Waals surface area contributed by atoms with Crippen LogP contribution < -0.4 is 16.0 Å². The number of nitrogens with one attached hydrogen (secondary N) is 1. The molecule has 1 fully saturated rings. The predicted molar refractivity (Wildman–Crippen MR) is 76.7 cm³/mol. The van der Waals surface area contributed by atoms with Crippen LogP contribution >= 0.6 is 12.4 Å². The lowest BCUT2D eigenvalue weighted by atomic mass is 10.1. The lowest BCUT2D eigenvalue weighted by Crippen LogP contribution is -2.52. The van der Waals surface area contributed by atoms with E-state index in [2.05, 4.69) is 32.2 Å². The highest BCUT2D eigenvalue weighted by atomic mass is 35.5. The molecule has 3 rings (SSSR count).